The van der Waals surface area contributed by atoms with E-state index in [-0.39, 0.29) is 0 Å². The lowest BCUT2D eigenvalue weighted by Crippen LogP contribution is -2.28. The summed E-state index contributed by atoms with van der Waals surface area (Å²) in [6, 6.07) is 0. The number of nitrogens with one attached hydrogen (secondary N) is 1. The van der Waals surface area contributed by atoms with Crippen molar-refractivity contribution in [3.05, 3.63) is 17.6 Å². The molecule has 2 atom stereocenters. The molecule has 1 aliphatic carbocycles. The number of aromatic nitrogens is 2. The van der Waals surface area contributed by atoms with Crippen LogP contribution < -0.4 is 10.2 Å². The summed E-state index contributed by atoms with van der Waals surface area (Å²) in [5, 5.41) is 3.50. The lowest BCUT2D eigenvalue weighted by molar-refractivity contribution is 0.533. The molecular weight excluding hydrogens is 224 g/mol. The first-order valence-corrected chi connectivity index (χ1v) is 7.20. The molecular formula is C14H20N4. The van der Waals surface area contributed by atoms with E-state index >= 15 is 0 Å². The van der Waals surface area contributed by atoms with Gasteiger partial charge in [-0.1, -0.05) is 0 Å². The minimum absolute atomic E-state index is 0.833. The molecule has 1 aromatic rings. The van der Waals surface area contributed by atoms with Crippen molar-refractivity contribution in [2.24, 2.45) is 11.8 Å². The maximum absolute atomic E-state index is 4.60. The third-order valence-corrected chi connectivity index (χ3v) is 4.79. The molecule has 2 fully saturated rings. The fourth-order valence-corrected chi connectivity index (χ4v) is 3.80. The maximum atomic E-state index is 4.60. The Balaban J connectivity index is 1.65. The minimum Gasteiger partial charge on any atom is -0.356 e. The third kappa shape index (κ3) is 1.62. The largest absolute Gasteiger partial charge is 0.356 e. The van der Waals surface area contributed by atoms with Crippen molar-refractivity contribution in [1.29, 1.82) is 0 Å². The van der Waals surface area contributed by atoms with Gasteiger partial charge in [-0.2, -0.15) is 0 Å². The zero-order valence-corrected chi connectivity index (χ0v) is 10.7. The highest BCUT2D eigenvalue weighted by atomic mass is 15.2. The number of hydrogen-bond donors (Lipinski definition) is 1. The molecule has 4 heteroatoms. The Morgan fingerprint density at radius 2 is 1.83 bits per heavy atom. The van der Waals surface area contributed by atoms with E-state index in [4.69, 9.17) is 0 Å². The van der Waals surface area contributed by atoms with Crippen molar-refractivity contribution in [3.63, 3.8) is 0 Å². The first kappa shape index (κ1) is 10.7. The van der Waals surface area contributed by atoms with Crippen molar-refractivity contribution in [2.75, 3.05) is 31.1 Å². The van der Waals surface area contributed by atoms with Gasteiger partial charge in [-0.05, 0) is 37.5 Å². The van der Waals surface area contributed by atoms with Crippen LogP contribution in [0.15, 0.2) is 6.33 Å². The van der Waals surface area contributed by atoms with E-state index in [0.717, 1.165) is 18.3 Å². The predicted molar refractivity (Wildman–Crippen MR) is 70.7 cm³/mol. The van der Waals surface area contributed by atoms with E-state index < -0.39 is 0 Å². The van der Waals surface area contributed by atoms with Crippen molar-refractivity contribution in [2.45, 2.75) is 25.7 Å². The topological polar surface area (TPSA) is 41.1 Å². The van der Waals surface area contributed by atoms with Crippen LogP contribution in [-0.2, 0) is 12.8 Å². The fraction of sp³-hybridized carbons (Fsp3) is 0.714. The van der Waals surface area contributed by atoms with Crippen molar-refractivity contribution in [1.82, 2.24) is 15.3 Å². The molecule has 1 N–H and O–H groups in total. The smallest absolute Gasteiger partial charge is 0.135 e. The Hall–Kier alpha value is -1.16. The summed E-state index contributed by atoms with van der Waals surface area (Å²) in [5.74, 6) is 2.91. The van der Waals surface area contributed by atoms with Crippen molar-refractivity contribution < 1.29 is 0 Å². The molecule has 0 bridgehead atoms. The van der Waals surface area contributed by atoms with Gasteiger partial charge in [0.05, 0.1) is 0 Å². The second-order valence-corrected chi connectivity index (χ2v) is 5.91. The summed E-state index contributed by atoms with van der Waals surface area (Å²) in [6.45, 7) is 4.74. The molecule has 1 aromatic heterocycles. The summed E-state index contributed by atoms with van der Waals surface area (Å²) in [7, 11) is 0. The molecule has 3 heterocycles. The Bertz CT molecular complexity index is 447. The third-order valence-electron chi connectivity index (χ3n) is 4.79. The van der Waals surface area contributed by atoms with E-state index in [1.54, 1.807) is 6.33 Å². The van der Waals surface area contributed by atoms with Gasteiger partial charge < -0.3 is 10.2 Å². The SMILES string of the molecule is c1nc2c(c(N3C[C@H]4CNC[C@H]4C3)n1)CCCC2. The molecule has 4 rings (SSSR count). The lowest BCUT2D eigenvalue weighted by atomic mass is 9.96. The number of rotatable bonds is 1. The quantitative estimate of drug-likeness (QED) is 0.800. The van der Waals surface area contributed by atoms with Crippen molar-refractivity contribution >= 4 is 5.82 Å². The second-order valence-electron chi connectivity index (χ2n) is 5.91. The van der Waals surface area contributed by atoms with E-state index in [1.807, 2.05) is 0 Å². The molecule has 0 radical (unpaired) electrons. The molecule has 96 valence electrons. The van der Waals surface area contributed by atoms with Crippen LogP contribution in [0.2, 0.25) is 0 Å². The van der Waals surface area contributed by atoms with Gasteiger partial charge in [0.25, 0.3) is 0 Å². The van der Waals surface area contributed by atoms with Gasteiger partial charge in [-0.25, -0.2) is 9.97 Å². The number of hydrogen-bond acceptors (Lipinski definition) is 4. The molecule has 0 aromatic carbocycles. The summed E-state index contributed by atoms with van der Waals surface area (Å²) >= 11 is 0. The van der Waals surface area contributed by atoms with E-state index in [1.165, 1.54) is 62.5 Å². The van der Waals surface area contributed by atoms with E-state index in [9.17, 15) is 0 Å². The highest BCUT2D eigenvalue weighted by Gasteiger charge is 2.37. The fourth-order valence-electron chi connectivity index (χ4n) is 3.80. The molecule has 4 nitrogen and oxygen atoms in total. The molecule has 3 aliphatic rings. The van der Waals surface area contributed by atoms with Crippen LogP contribution in [0.4, 0.5) is 5.82 Å². The van der Waals surface area contributed by atoms with Crippen LogP contribution in [0, 0.1) is 11.8 Å². The highest BCUT2D eigenvalue weighted by Crippen LogP contribution is 2.33. The molecule has 0 amide bonds. The van der Waals surface area contributed by atoms with Gasteiger partial charge in [0.2, 0.25) is 0 Å². The Morgan fingerprint density at radius 1 is 1.06 bits per heavy atom. The van der Waals surface area contributed by atoms with Gasteiger partial charge in [-0.3, -0.25) is 0 Å². The van der Waals surface area contributed by atoms with Crippen LogP contribution in [0.1, 0.15) is 24.1 Å². The molecule has 0 saturated carbocycles. The molecule has 18 heavy (non-hydrogen) atoms. The molecule has 0 unspecified atom stereocenters. The van der Waals surface area contributed by atoms with Gasteiger partial charge in [-0.15, -0.1) is 0 Å². The Kier molecular flexibility index (Phi) is 2.50. The van der Waals surface area contributed by atoms with Gasteiger partial charge >= 0.3 is 0 Å². The Morgan fingerprint density at radius 3 is 2.67 bits per heavy atom. The number of anilines is 1. The summed E-state index contributed by atoms with van der Waals surface area (Å²) in [6.07, 6.45) is 6.68. The Labute approximate surface area is 108 Å². The van der Waals surface area contributed by atoms with Crippen molar-refractivity contribution in [3.8, 4) is 0 Å². The van der Waals surface area contributed by atoms with Crippen LogP contribution in [-0.4, -0.2) is 36.1 Å². The second kappa shape index (κ2) is 4.19. The first-order valence-electron chi connectivity index (χ1n) is 7.20. The molecule has 0 spiro atoms. The zero-order valence-electron chi connectivity index (χ0n) is 10.7. The molecule has 2 saturated heterocycles. The average Bonchev–Trinajstić information content (AvgIpc) is 2.99. The predicted octanol–water partition coefficient (Wildman–Crippen LogP) is 1.01. The van der Waals surface area contributed by atoms with Crippen LogP contribution in [0.25, 0.3) is 0 Å². The minimum atomic E-state index is 0.833. The summed E-state index contributed by atoms with van der Waals surface area (Å²) < 4.78 is 0. The van der Waals surface area contributed by atoms with Gasteiger partial charge in [0.1, 0.15) is 12.1 Å². The summed E-state index contributed by atoms with van der Waals surface area (Å²) in [5.41, 5.74) is 2.75. The number of aryl methyl sites for hydroxylation is 1. The lowest BCUT2D eigenvalue weighted by Gasteiger charge is -2.24. The van der Waals surface area contributed by atoms with Crippen LogP contribution >= 0.6 is 0 Å². The van der Waals surface area contributed by atoms with E-state index in [2.05, 4.69) is 20.2 Å². The van der Waals surface area contributed by atoms with Gasteiger partial charge in [0.15, 0.2) is 0 Å². The van der Waals surface area contributed by atoms with E-state index in [0.29, 0.717) is 0 Å². The van der Waals surface area contributed by atoms with Gasteiger partial charge in [0, 0.05) is 37.4 Å². The zero-order chi connectivity index (χ0) is 11.9. The van der Waals surface area contributed by atoms with Crippen LogP contribution in [0.5, 0.6) is 0 Å². The molecule has 2 aliphatic heterocycles. The monoisotopic (exact) mass is 244 g/mol. The van der Waals surface area contributed by atoms with Crippen LogP contribution in [0.3, 0.4) is 0 Å². The average molecular weight is 244 g/mol. The maximum Gasteiger partial charge on any atom is 0.135 e. The number of fused-ring (bicyclic) bond motifs is 2. The highest BCUT2D eigenvalue weighted by molar-refractivity contribution is 5.50. The standard InChI is InChI=1S/C14H20N4/c1-2-4-13-12(3-1)14(17-9-16-13)18-7-10-5-15-6-11(10)8-18/h9-11,15H,1-8H2/t10-,11+. The number of nitrogens with zero attached hydrogens (tertiary/aromatic N) is 3. The summed E-state index contributed by atoms with van der Waals surface area (Å²) in [4.78, 5) is 11.6. The normalized spacial score (nSPS) is 30.3. The first-order chi connectivity index (χ1) is 8.92.